The van der Waals surface area contributed by atoms with Crippen molar-refractivity contribution >= 4 is 35.3 Å². The second-order valence-corrected chi connectivity index (χ2v) is 5.06. The molecule has 5 heteroatoms. The Morgan fingerprint density at radius 2 is 1.95 bits per heavy atom. The van der Waals surface area contributed by atoms with Crippen LogP contribution in [0, 0.1) is 6.92 Å². The third-order valence-corrected chi connectivity index (χ3v) is 3.34. The smallest absolute Gasteiger partial charge is 0.267 e. The fourth-order valence-corrected chi connectivity index (χ4v) is 1.92. The van der Waals surface area contributed by atoms with Gasteiger partial charge in [-0.15, -0.1) is 0 Å². The monoisotopic (exact) mass is 306 g/mol. The highest BCUT2D eigenvalue weighted by atomic mass is 35.5. The number of amides is 1. The maximum absolute atomic E-state index is 11.8. The Morgan fingerprint density at radius 1 is 1.15 bits per heavy atom. The van der Waals surface area contributed by atoms with Crippen molar-refractivity contribution in [2.45, 2.75) is 6.92 Å². The summed E-state index contributed by atoms with van der Waals surface area (Å²) in [6.45, 7) is 1.99. The van der Waals surface area contributed by atoms with Gasteiger partial charge in [0.05, 0.1) is 16.3 Å². The van der Waals surface area contributed by atoms with Gasteiger partial charge in [0.15, 0.2) is 0 Å². The first-order chi connectivity index (χ1) is 9.56. The maximum atomic E-state index is 11.8. The number of carbonyl (C=O) groups excluding carboxylic acids is 1. The molecule has 1 N–H and O–H groups in total. The Kier molecular flexibility index (Phi) is 4.77. The first kappa shape index (κ1) is 14.6. The Bertz CT molecular complexity index is 669. The third kappa shape index (κ3) is 3.83. The molecular formula is C15H12Cl2N2O. The lowest BCUT2D eigenvalue weighted by Gasteiger charge is -2.01. The van der Waals surface area contributed by atoms with Gasteiger partial charge in [0, 0.05) is 5.56 Å². The number of hydrogen-bond donors (Lipinski definition) is 1. The molecule has 1 amide bonds. The van der Waals surface area contributed by atoms with Crippen LogP contribution in [0.3, 0.4) is 0 Å². The molecule has 0 saturated heterocycles. The lowest BCUT2D eigenvalue weighted by atomic mass is 10.2. The van der Waals surface area contributed by atoms with Crippen molar-refractivity contribution in [1.82, 2.24) is 5.43 Å². The standard InChI is InChI=1S/C15H12Cl2N2O/c1-10-3-2-4-11(7-10)9-18-19-15(20)12-5-6-13(16)14(17)8-12/h2-9H,1H3,(H,19,20)/b18-9-. The van der Waals surface area contributed by atoms with Crippen molar-refractivity contribution in [2.75, 3.05) is 0 Å². The third-order valence-electron chi connectivity index (χ3n) is 2.60. The molecule has 0 unspecified atom stereocenters. The minimum absolute atomic E-state index is 0.335. The van der Waals surface area contributed by atoms with Crippen molar-refractivity contribution in [3.05, 3.63) is 69.2 Å². The molecule has 20 heavy (non-hydrogen) atoms. The van der Waals surface area contributed by atoms with Gasteiger partial charge in [0.25, 0.3) is 5.91 Å². The fourth-order valence-electron chi connectivity index (χ4n) is 1.62. The number of aryl methyl sites for hydroxylation is 1. The van der Waals surface area contributed by atoms with Crippen LogP contribution >= 0.6 is 23.2 Å². The van der Waals surface area contributed by atoms with Crippen molar-refractivity contribution in [1.29, 1.82) is 0 Å². The normalized spacial score (nSPS) is 10.8. The lowest BCUT2D eigenvalue weighted by Crippen LogP contribution is -2.17. The molecular weight excluding hydrogens is 295 g/mol. The summed E-state index contributed by atoms with van der Waals surface area (Å²) >= 11 is 11.6. The summed E-state index contributed by atoms with van der Waals surface area (Å²) in [6.07, 6.45) is 1.59. The summed E-state index contributed by atoms with van der Waals surface area (Å²) < 4.78 is 0. The van der Waals surface area contributed by atoms with Crippen LogP contribution in [0.5, 0.6) is 0 Å². The Hall–Kier alpha value is -1.84. The number of nitrogens with one attached hydrogen (secondary N) is 1. The van der Waals surface area contributed by atoms with E-state index in [0.717, 1.165) is 11.1 Å². The van der Waals surface area contributed by atoms with Crippen LogP contribution in [-0.2, 0) is 0 Å². The molecule has 0 aromatic heterocycles. The highest BCUT2D eigenvalue weighted by Crippen LogP contribution is 2.22. The van der Waals surface area contributed by atoms with Crippen molar-refractivity contribution in [3.8, 4) is 0 Å². The summed E-state index contributed by atoms with van der Waals surface area (Å²) in [5.41, 5.74) is 4.89. The van der Waals surface area contributed by atoms with Gasteiger partial charge in [0.2, 0.25) is 0 Å². The van der Waals surface area contributed by atoms with Crippen molar-refractivity contribution in [2.24, 2.45) is 5.10 Å². The van der Waals surface area contributed by atoms with E-state index in [1.807, 2.05) is 31.2 Å². The molecule has 0 fully saturated rings. The zero-order valence-electron chi connectivity index (χ0n) is 10.7. The van der Waals surface area contributed by atoms with E-state index >= 15 is 0 Å². The molecule has 0 heterocycles. The summed E-state index contributed by atoms with van der Waals surface area (Å²) in [5.74, 6) is -0.340. The number of halogens is 2. The molecule has 0 atom stereocenters. The first-order valence-corrected chi connectivity index (χ1v) is 6.67. The van der Waals surface area contributed by atoms with E-state index in [9.17, 15) is 4.79 Å². The van der Waals surface area contributed by atoms with E-state index in [1.165, 1.54) is 6.07 Å². The fraction of sp³-hybridized carbons (Fsp3) is 0.0667. The molecule has 0 aliphatic rings. The lowest BCUT2D eigenvalue weighted by molar-refractivity contribution is 0.0955. The summed E-state index contributed by atoms with van der Waals surface area (Å²) in [6, 6.07) is 12.5. The molecule has 0 aliphatic heterocycles. The average Bonchev–Trinajstić information content (AvgIpc) is 2.42. The van der Waals surface area contributed by atoms with Gasteiger partial charge in [0.1, 0.15) is 0 Å². The summed E-state index contributed by atoms with van der Waals surface area (Å²) in [5, 5.41) is 4.65. The molecule has 0 bridgehead atoms. The van der Waals surface area contributed by atoms with Crippen LogP contribution in [0.4, 0.5) is 0 Å². The zero-order chi connectivity index (χ0) is 14.5. The number of nitrogens with zero attached hydrogens (tertiary/aromatic N) is 1. The first-order valence-electron chi connectivity index (χ1n) is 5.91. The molecule has 2 aromatic rings. The van der Waals surface area contributed by atoms with Crippen molar-refractivity contribution in [3.63, 3.8) is 0 Å². The second kappa shape index (κ2) is 6.55. The minimum Gasteiger partial charge on any atom is -0.267 e. The van der Waals surface area contributed by atoms with Gasteiger partial charge >= 0.3 is 0 Å². The van der Waals surface area contributed by atoms with Crippen LogP contribution < -0.4 is 5.43 Å². The molecule has 2 rings (SSSR count). The molecule has 0 spiro atoms. The Balaban J connectivity index is 2.03. The molecule has 102 valence electrons. The number of carbonyl (C=O) groups is 1. The van der Waals surface area contributed by atoms with Crippen molar-refractivity contribution < 1.29 is 4.79 Å². The van der Waals surface area contributed by atoms with Gasteiger partial charge in [-0.3, -0.25) is 4.79 Å². The van der Waals surface area contributed by atoms with E-state index in [-0.39, 0.29) is 5.91 Å². The van der Waals surface area contributed by atoms with E-state index in [2.05, 4.69) is 10.5 Å². The van der Waals surface area contributed by atoms with Crippen LogP contribution in [0.25, 0.3) is 0 Å². The van der Waals surface area contributed by atoms with E-state index < -0.39 is 0 Å². The Labute approximate surface area is 127 Å². The molecule has 2 aromatic carbocycles. The predicted molar refractivity (Wildman–Crippen MR) is 82.7 cm³/mol. The van der Waals surface area contributed by atoms with E-state index in [0.29, 0.717) is 15.6 Å². The zero-order valence-corrected chi connectivity index (χ0v) is 12.2. The molecule has 0 saturated carbocycles. The highest BCUT2D eigenvalue weighted by molar-refractivity contribution is 6.42. The molecule has 0 radical (unpaired) electrons. The van der Waals surface area contributed by atoms with E-state index in [4.69, 9.17) is 23.2 Å². The van der Waals surface area contributed by atoms with Gasteiger partial charge in [-0.25, -0.2) is 5.43 Å². The second-order valence-electron chi connectivity index (χ2n) is 4.24. The van der Waals surface area contributed by atoms with E-state index in [1.54, 1.807) is 18.3 Å². The number of hydrogen-bond acceptors (Lipinski definition) is 2. The van der Waals surface area contributed by atoms with Gasteiger partial charge in [-0.1, -0.05) is 53.0 Å². The summed E-state index contributed by atoms with van der Waals surface area (Å²) in [7, 11) is 0. The predicted octanol–water partition coefficient (Wildman–Crippen LogP) is 4.07. The number of rotatable bonds is 3. The molecule has 3 nitrogen and oxygen atoms in total. The van der Waals surface area contributed by atoms with Crippen LogP contribution in [0.15, 0.2) is 47.6 Å². The summed E-state index contributed by atoms with van der Waals surface area (Å²) in [4.78, 5) is 11.8. The van der Waals surface area contributed by atoms with Gasteiger partial charge in [-0.2, -0.15) is 5.10 Å². The minimum atomic E-state index is -0.340. The topological polar surface area (TPSA) is 41.5 Å². The highest BCUT2D eigenvalue weighted by Gasteiger charge is 2.06. The largest absolute Gasteiger partial charge is 0.271 e. The van der Waals surface area contributed by atoms with Crippen LogP contribution in [-0.4, -0.2) is 12.1 Å². The maximum Gasteiger partial charge on any atom is 0.271 e. The van der Waals surface area contributed by atoms with Crippen LogP contribution in [0.1, 0.15) is 21.5 Å². The van der Waals surface area contributed by atoms with Gasteiger partial charge in [-0.05, 0) is 30.7 Å². The number of hydrazone groups is 1. The quantitative estimate of drug-likeness (QED) is 0.674. The Morgan fingerprint density at radius 3 is 2.65 bits per heavy atom. The average molecular weight is 307 g/mol. The van der Waals surface area contributed by atoms with Gasteiger partial charge < -0.3 is 0 Å². The molecule has 0 aliphatic carbocycles. The number of benzene rings is 2. The SMILES string of the molecule is Cc1cccc(/C=N\NC(=O)c2ccc(Cl)c(Cl)c2)c1. The van der Waals surface area contributed by atoms with Crippen LogP contribution in [0.2, 0.25) is 10.0 Å².